The molecule has 3 rings (SSSR count). The monoisotopic (exact) mass is 257 g/mol. The highest BCUT2D eigenvalue weighted by Crippen LogP contribution is 2.26. The summed E-state index contributed by atoms with van der Waals surface area (Å²) in [5.41, 5.74) is 4.67. The first-order chi connectivity index (χ1) is 8.69. The van der Waals surface area contributed by atoms with Crippen LogP contribution in [0.15, 0.2) is 24.3 Å². The molecule has 0 radical (unpaired) electrons. The highest BCUT2D eigenvalue weighted by Gasteiger charge is 2.13. The molecule has 0 aliphatic heterocycles. The minimum atomic E-state index is 0.972. The van der Waals surface area contributed by atoms with Gasteiger partial charge < -0.3 is 0 Å². The average Bonchev–Trinajstić information content (AvgIpc) is 2.88. The van der Waals surface area contributed by atoms with Crippen LogP contribution < -0.4 is 0 Å². The zero-order valence-electron chi connectivity index (χ0n) is 10.8. The lowest BCUT2D eigenvalue weighted by Crippen LogP contribution is -1.89. The van der Waals surface area contributed by atoms with E-state index in [2.05, 4.69) is 48.2 Å². The molecule has 0 unspecified atom stereocenters. The Hall–Kier alpha value is -1.68. The predicted molar refractivity (Wildman–Crippen MR) is 75.2 cm³/mol. The molecule has 0 saturated carbocycles. The van der Waals surface area contributed by atoms with Gasteiger partial charge in [0.15, 0.2) is 0 Å². The van der Waals surface area contributed by atoms with E-state index >= 15 is 0 Å². The smallest absolute Gasteiger partial charge is 0.212 e. The first-order valence-corrected chi connectivity index (χ1v) is 6.92. The zero-order chi connectivity index (χ0) is 12.7. The summed E-state index contributed by atoms with van der Waals surface area (Å²) in [5, 5.41) is 5.51. The predicted octanol–water partition coefficient (Wildman–Crippen LogP) is 3.64. The lowest BCUT2D eigenvalue weighted by molar-refractivity contribution is 0.909. The Balaban J connectivity index is 2.12. The van der Waals surface area contributed by atoms with E-state index in [9.17, 15) is 0 Å². The van der Waals surface area contributed by atoms with E-state index in [1.165, 1.54) is 11.1 Å². The Morgan fingerprint density at radius 3 is 2.50 bits per heavy atom. The number of rotatable bonds is 2. The van der Waals surface area contributed by atoms with Gasteiger partial charge in [0.25, 0.3) is 0 Å². The number of aryl methyl sites for hydroxylation is 3. The van der Waals surface area contributed by atoms with Gasteiger partial charge in [-0.2, -0.15) is 5.10 Å². The third kappa shape index (κ3) is 1.73. The van der Waals surface area contributed by atoms with Gasteiger partial charge in [-0.1, -0.05) is 42.5 Å². The second kappa shape index (κ2) is 4.21. The van der Waals surface area contributed by atoms with Crippen molar-refractivity contribution in [2.24, 2.45) is 0 Å². The molecule has 0 atom stereocenters. The first-order valence-electron chi connectivity index (χ1n) is 6.11. The van der Waals surface area contributed by atoms with Gasteiger partial charge in [-0.25, -0.2) is 9.50 Å². The molecule has 2 aromatic heterocycles. The number of fused-ring (bicyclic) bond motifs is 1. The van der Waals surface area contributed by atoms with Gasteiger partial charge in [0.2, 0.25) is 4.96 Å². The van der Waals surface area contributed by atoms with Crippen LogP contribution in [0.2, 0.25) is 0 Å². The summed E-state index contributed by atoms with van der Waals surface area (Å²) >= 11 is 1.63. The first kappa shape index (κ1) is 11.4. The fourth-order valence-electron chi connectivity index (χ4n) is 2.12. The van der Waals surface area contributed by atoms with Gasteiger partial charge in [0.1, 0.15) is 5.01 Å². The summed E-state index contributed by atoms with van der Waals surface area (Å²) in [7, 11) is 0. The quantitative estimate of drug-likeness (QED) is 0.701. The molecule has 0 fully saturated rings. The van der Waals surface area contributed by atoms with Crippen molar-refractivity contribution in [1.29, 1.82) is 0 Å². The summed E-state index contributed by atoms with van der Waals surface area (Å²) in [5.74, 6) is 0. The van der Waals surface area contributed by atoms with E-state index < -0.39 is 0 Å². The molecule has 0 spiro atoms. The second-order valence-electron chi connectivity index (χ2n) is 4.41. The number of hydrogen-bond acceptors (Lipinski definition) is 3. The number of nitrogens with zero attached hydrogens (tertiary/aromatic N) is 3. The Morgan fingerprint density at radius 2 is 1.89 bits per heavy atom. The standard InChI is InChI=1S/C14H15N3S/c1-4-11-5-7-12(8-6-11)13-9(2)17-14(15-13)18-10(3)16-17/h5-8H,4H2,1-3H3. The molecular weight excluding hydrogens is 242 g/mol. The van der Waals surface area contributed by atoms with Crippen LogP contribution in [0.1, 0.15) is 23.2 Å². The van der Waals surface area contributed by atoms with Crippen LogP contribution in [-0.2, 0) is 6.42 Å². The van der Waals surface area contributed by atoms with E-state index in [0.717, 1.165) is 27.8 Å². The van der Waals surface area contributed by atoms with E-state index in [0.29, 0.717) is 0 Å². The van der Waals surface area contributed by atoms with Crippen molar-refractivity contribution in [3.05, 3.63) is 40.5 Å². The molecule has 0 bridgehead atoms. The van der Waals surface area contributed by atoms with Crippen LogP contribution in [0.4, 0.5) is 0 Å². The van der Waals surface area contributed by atoms with Crippen molar-refractivity contribution in [2.45, 2.75) is 27.2 Å². The van der Waals surface area contributed by atoms with Crippen molar-refractivity contribution >= 4 is 16.3 Å². The SMILES string of the molecule is CCc1ccc(-c2nc3sc(C)nn3c2C)cc1. The van der Waals surface area contributed by atoms with Gasteiger partial charge >= 0.3 is 0 Å². The number of imidazole rings is 1. The third-order valence-electron chi connectivity index (χ3n) is 3.16. The highest BCUT2D eigenvalue weighted by atomic mass is 32.1. The van der Waals surface area contributed by atoms with E-state index in [-0.39, 0.29) is 0 Å². The molecule has 92 valence electrons. The van der Waals surface area contributed by atoms with E-state index in [1.54, 1.807) is 11.3 Å². The van der Waals surface area contributed by atoms with Crippen molar-refractivity contribution in [3.8, 4) is 11.3 Å². The van der Waals surface area contributed by atoms with E-state index in [4.69, 9.17) is 0 Å². The minimum absolute atomic E-state index is 0.972. The number of aromatic nitrogens is 3. The zero-order valence-corrected chi connectivity index (χ0v) is 11.6. The van der Waals surface area contributed by atoms with Crippen LogP contribution in [-0.4, -0.2) is 14.6 Å². The Kier molecular flexibility index (Phi) is 2.67. The van der Waals surface area contributed by atoms with Crippen LogP contribution in [0, 0.1) is 13.8 Å². The van der Waals surface area contributed by atoms with Crippen LogP contribution in [0.3, 0.4) is 0 Å². The summed E-state index contributed by atoms with van der Waals surface area (Å²) in [6, 6.07) is 8.62. The topological polar surface area (TPSA) is 30.2 Å². The number of hydrogen-bond donors (Lipinski definition) is 0. The van der Waals surface area contributed by atoms with Gasteiger partial charge in [0.05, 0.1) is 11.4 Å². The Morgan fingerprint density at radius 1 is 1.17 bits per heavy atom. The van der Waals surface area contributed by atoms with Crippen LogP contribution in [0.5, 0.6) is 0 Å². The number of benzene rings is 1. The summed E-state index contributed by atoms with van der Waals surface area (Å²) in [6.45, 7) is 6.25. The molecule has 0 saturated heterocycles. The molecule has 0 amide bonds. The molecule has 0 aliphatic carbocycles. The molecule has 0 aliphatic rings. The molecule has 18 heavy (non-hydrogen) atoms. The molecule has 3 aromatic rings. The van der Waals surface area contributed by atoms with Crippen molar-refractivity contribution in [1.82, 2.24) is 14.6 Å². The highest BCUT2D eigenvalue weighted by molar-refractivity contribution is 7.16. The van der Waals surface area contributed by atoms with Crippen molar-refractivity contribution in [3.63, 3.8) is 0 Å². The largest absolute Gasteiger partial charge is 0.217 e. The fourth-order valence-corrected chi connectivity index (χ4v) is 2.90. The molecule has 2 heterocycles. The Labute approximate surface area is 110 Å². The second-order valence-corrected chi connectivity index (χ2v) is 5.57. The van der Waals surface area contributed by atoms with Gasteiger partial charge in [-0.3, -0.25) is 0 Å². The van der Waals surface area contributed by atoms with Gasteiger partial charge in [0, 0.05) is 5.56 Å². The fraction of sp³-hybridized carbons (Fsp3) is 0.286. The van der Waals surface area contributed by atoms with Gasteiger partial charge in [-0.15, -0.1) is 0 Å². The van der Waals surface area contributed by atoms with Gasteiger partial charge in [-0.05, 0) is 25.8 Å². The van der Waals surface area contributed by atoms with Crippen LogP contribution in [0.25, 0.3) is 16.2 Å². The maximum Gasteiger partial charge on any atom is 0.212 e. The Bertz CT molecular complexity index is 692. The lowest BCUT2D eigenvalue weighted by Gasteiger charge is -2.01. The van der Waals surface area contributed by atoms with Crippen molar-refractivity contribution in [2.75, 3.05) is 0 Å². The maximum absolute atomic E-state index is 4.68. The average molecular weight is 257 g/mol. The summed E-state index contributed by atoms with van der Waals surface area (Å²) in [4.78, 5) is 5.65. The maximum atomic E-state index is 4.68. The van der Waals surface area contributed by atoms with Crippen LogP contribution >= 0.6 is 11.3 Å². The normalized spacial score (nSPS) is 11.3. The molecule has 0 N–H and O–H groups in total. The molecule has 1 aromatic carbocycles. The molecular formula is C14H15N3S. The lowest BCUT2D eigenvalue weighted by atomic mass is 10.1. The molecule has 4 heteroatoms. The summed E-state index contributed by atoms with van der Waals surface area (Å²) in [6.07, 6.45) is 1.07. The molecule has 3 nitrogen and oxygen atoms in total. The third-order valence-corrected chi connectivity index (χ3v) is 3.99. The van der Waals surface area contributed by atoms with E-state index in [1.807, 2.05) is 11.4 Å². The van der Waals surface area contributed by atoms with Crippen molar-refractivity contribution < 1.29 is 0 Å². The summed E-state index contributed by atoms with van der Waals surface area (Å²) < 4.78 is 1.93. The minimum Gasteiger partial charge on any atom is -0.217 e.